The molecule has 0 heterocycles. The number of hydrogen-bond acceptors (Lipinski definition) is 3. The van der Waals surface area contributed by atoms with E-state index in [2.05, 4.69) is 0 Å². The monoisotopic (exact) mass is 170 g/mol. The Morgan fingerprint density at radius 2 is 2.08 bits per heavy atom. The van der Waals surface area contributed by atoms with Gasteiger partial charge in [-0.25, -0.2) is 0 Å². The van der Waals surface area contributed by atoms with Gasteiger partial charge in [0.05, 0.1) is 12.9 Å². The zero-order valence-electron chi connectivity index (χ0n) is 7.41. The van der Waals surface area contributed by atoms with E-state index in [0.717, 1.165) is 24.2 Å². The van der Waals surface area contributed by atoms with Crippen molar-refractivity contribution in [2.75, 3.05) is 14.2 Å². The second-order valence-electron chi connectivity index (χ2n) is 2.67. The maximum atomic E-state index is 9.28. The Bertz CT molecular complexity index is 206. The second kappa shape index (κ2) is 4.28. The molecule has 0 bridgehead atoms. The highest BCUT2D eigenvalue weighted by Gasteiger charge is 2.13. The number of allylic oxidation sites excluding steroid dienone is 3. The van der Waals surface area contributed by atoms with Crippen LogP contribution in [0.5, 0.6) is 0 Å². The normalized spacial score (nSPS) is 19.6. The molecule has 0 saturated heterocycles. The molecule has 0 saturated carbocycles. The maximum absolute atomic E-state index is 9.28. The number of methoxy groups -OCH3 is 2. The first kappa shape index (κ1) is 9.29. The summed E-state index contributed by atoms with van der Waals surface area (Å²) in [6.45, 7) is 0. The van der Waals surface area contributed by atoms with Crippen LogP contribution in [0.3, 0.4) is 0 Å². The number of ether oxygens (including phenoxy) is 2. The molecular weight excluding hydrogens is 156 g/mol. The molecule has 68 valence electrons. The van der Waals surface area contributed by atoms with E-state index in [9.17, 15) is 5.11 Å². The van der Waals surface area contributed by atoms with Gasteiger partial charge >= 0.3 is 0 Å². The summed E-state index contributed by atoms with van der Waals surface area (Å²) in [5.41, 5.74) is 0.901. The lowest BCUT2D eigenvalue weighted by Gasteiger charge is -2.17. The summed E-state index contributed by atoms with van der Waals surface area (Å²) in [7, 11) is 3.14. The first-order valence-corrected chi connectivity index (χ1v) is 3.92. The fraction of sp³-hybridized carbons (Fsp3) is 0.556. The Balaban J connectivity index is 2.59. The number of rotatable bonds is 3. The average molecular weight is 170 g/mol. The van der Waals surface area contributed by atoms with Gasteiger partial charge in [-0.2, -0.15) is 0 Å². The van der Waals surface area contributed by atoms with Crippen LogP contribution in [0, 0.1) is 0 Å². The van der Waals surface area contributed by atoms with Gasteiger partial charge in [-0.05, 0) is 18.1 Å². The molecule has 1 aliphatic rings. The molecular formula is C9H14O3. The quantitative estimate of drug-likeness (QED) is 0.647. The minimum atomic E-state index is -0.764. The van der Waals surface area contributed by atoms with Crippen molar-refractivity contribution in [1.29, 1.82) is 0 Å². The van der Waals surface area contributed by atoms with Crippen molar-refractivity contribution in [2.45, 2.75) is 19.1 Å². The van der Waals surface area contributed by atoms with E-state index in [1.54, 1.807) is 7.11 Å². The molecule has 1 unspecified atom stereocenters. The van der Waals surface area contributed by atoms with E-state index in [1.165, 1.54) is 7.11 Å². The molecule has 0 spiro atoms. The Hall–Kier alpha value is -0.800. The zero-order chi connectivity index (χ0) is 8.97. The van der Waals surface area contributed by atoms with E-state index in [1.807, 2.05) is 12.2 Å². The van der Waals surface area contributed by atoms with Crippen LogP contribution in [-0.4, -0.2) is 25.6 Å². The lowest BCUT2D eigenvalue weighted by molar-refractivity contribution is -0.0470. The average Bonchev–Trinajstić information content (AvgIpc) is 2.17. The fourth-order valence-corrected chi connectivity index (χ4v) is 1.16. The topological polar surface area (TPSA) is 38.7 Å². The summed E-state index contributed by atoms with van der Waals surface area (Å²) >= 11 is 0. The fourth-order valence-electron chi connectivity index (χ4n) is 1.16. The number of aliphatic hydroxyl groups is 1. The van der Waals surface area contributed by atoms with Gasteiger partial charge in [0.1, 0.15) is 0 Å². The van der Waals surface area contributed by atoms with Crippen LogP contribution < -0.4 is 0 Å². The highest BCUT2D eigenvalue weighted by molar-refractivity contribution is 5.22. The first-order valence-electron chi connectivity index (χ1n) is 3.92. The van der Waals surface area contributed by atoms with Crippen LogP contribution in [0.1, 0.15) is 12.8 Å². The summed E-state index contributed by atoms with van der Waals surface area (Å²) < 4.78 is 9.82. The molecule has 0 amide bonds. The van der Waals surface area contributed by atoms with Gasteiger partial charge in [-0.15, -0.1) is 0 Å². The molecule has 0 aromatic carbocycles. The molecule has 3 heteroatoms. The third-order valence-corrected chi connectivity index (χ3v) is 1.95. The molecule has 0 aromatic heterocycles. The predicted octanol–water partition coefficient (Wildman–Crippen LogP) is 1.20. The number of aliphatic hydroxyl groups excluding tert-OH is 1. The lowest BCUT2D eigenvalue weighted by atomic mass is 10.0. The molecule has 1 atom stereocenters. The third kappa shape index (κ3) is 2.09. The van der Waals surface area contributed by atoms with Gasteiger partial charge in [0.2, 0.25) is 0 Å². The Labute approximate surface area is 72.3 Å². The van der Waals surface area contributed by atoms with Gasteiger partial charge in [0.15, 0.2) is 6.29 Å². The first-order chi connectivity index (χ1) is 5.77. The highest BCUT2D eigenvalue weighted by Crippen LogP contribution is 2.21. The Morgan fingerprint density at radius 1 is 1.33 bits per heavy atom. The van der Waals surface area contributed by atoms with Crippen LogP contribution in [-0.2, 0) is 9.47 Å². The minimum absolute atomic E-state index is 0.764. The van der Waals surface area contributed by atoms with Crippen molar-refractivity contribution < 1.29 is 14.6 Å². The molecule has 1 N–H and O–H groups in total. The van der Waals surface area contributed by atoms with Gasteiger partial charge < -0.3 is 14.6 Å². The number of hydrogen-bond donors (Lipinski definition) is 1. The van der Waals surface area contributed by atoms with E-state index in [4.69, 9.17) is 9.47 Å². The van der Waals surface area contributed by atoms with Crippen molar-refractivity contribution in [3.05, 3.63) is 23.5 Å². The summed E-state index contributed by atoms with van der Waals surface area (Å²) in [5, 5.41) is 9.28. The molecule has 0 fully saturated rings. The Morgan fingerprint density at radius 3 is 2.50 bits per heavy atom. The standard InChI is InChI=1S/C9H14O3/c1-11-8-5-3-7(4-6-8)9(10)12-2/h3,5,9-10H,4,6H2,1-2H3. The summed E-state index contributed by atoms with van der Waals surface area (Å²) in [4.78, 5) is 0. The van der Waals surface area contributed by atoms with Crippen molar-refractivity contribution >= 4 is 0 Å². The predicted molar refractivity (Wildman–Crippen MR) is 45.4 cm³/mol. The third-order valence-electron chi connectivity index (χ3n) is 1.95. The molecule has 1 rings (SSSR count). The van der Waals surface area contributed by atoms with E-state index in [0.29, 0.717) is 0 Å². The molecule has 3 nitrogen and oxygen atoms in total. The van der Waals surface area contributed by atoms with E-state index >= 15 is 0 Å². The largest absolute Gasteiger partial charge is 0.501 e. The maximum Gasteiger partial charge on any atom is 0.177 e. The second-order valence-corrected chi connectivity index (χ2v) is 2.67. The summed E-state index contributed by atoms with van der Waals surface area (Å²) in [5.74, 6) is 0.946. The molecule has 0 aromatic rings. The smallest absolute Gasteiger partial charge is 0.177 e. The Kier molecular flexibility index (Phi) is 3.31. The minimum Gasteiger partial charge on any atom is -0.501 e. The van der Waals surface area contributed by atoms with E-state index in [-0.39, 0.29) is 0 Å². The van der Waals surface area contributed by atoms with Crippen molar-refractivity contribution in [1.82, 2.24) is 0 Å². The van der Waals surface area contributed by atoms with Gasteiger partial charge in [-0.3, -0.25) is 0 Å². The van der Waals surface area contributed by atoms with Crippen LogP contribution >= 0.6 is 0 Å². The van der Waals surface area contributed by atoms with Crippen LogP contribution in [0.4, 0.5) is 0 Å². The van der Waals surface area contributed by atoms with Gasteiger partial charge in [0.25, 0.3) is 0 Å². The SMILES string of the molecule is COC1=CC=C(C(O)OC)CC1. The zero-order valence-corrected chi connectivity index (χ0v) is 7.41. The molecule has 12 heavy (non-hydrogen) atoms. The van der Waals surface area contributed by atoms with Gasteiger partial charge in [-0.1, -0.05) is 6.08 Å². The van der Waals surface area contributed by atoms with Crippen molar-refractivity contribution in [3.63, 3.8) is 0 Å². The molecule has 1 aliphatic carbocycles. The van der Waals surface area contributed by atoms with Gasteiger partial charge in [0, 0.05) is 13.5 Å². The van der Waals surface area contributed by atoms with Crippen LogP contribution in [0.25, 0.3) is 0 Å². The molecule has 0 radical (unpaired) electrons. The van der Waals surface area contributed by atoms with Crippen molar-refractivity contribution in [3.8, 4) is 0 Å². The van der Waals surface area contributed by atoms with Crippen LogP contribution in [0.2, 0.25) is 0 Å². The summed E-state index contributed by atoms with van der Waals surface area (Å²) in [6, 6.07) is 0. The van der Waals surface area contributed by atoms with Crippen molar-refractivity contribution in [2.24, 2.45) is 0 Å². The lowest BCUT2D eigenvalue weighted by Crippen LogP contribution is -2.14. The molecule has 0 aliphatic heterocycles. The summed E-state index contributed by atoms with van der Waals surface area (Å²) in [6.07, 6.45) is 4.58. The highest BCUT2D eigenvalue weighted by atomic mass is 16.6. The van der Waals surface area contributed by atoms with Crippen LogP contribution in [0.15, 0.2) is 23.5 Å². The van der Waals surface area contributed by atoms with E-state index < -0.39 is 6.29 Å².